The molecular weight excluding hydrogens is 294 g/mol. The van der Waals surface area contributed by atoms with Crippen LogP contribution in [0.25, 0.3) is 0 Å². The molecule has 0 atom stereocenters. The average molecular weight is 304 g/mol. The van der Waals surface area contributed by atoms with E-state index in [0.29, 0.717) is 5.69 Å². The highest BCUT2D eigenvalue weighted by Crippen LogP contribution is 2.22. The first kappa shape index (κ1) is 13.9. The Kier molecular flexibility index (Phi) is 3.99. The van der Waals surface area contributed by atoms with Crippen LogP contribution in [0.1, 0.15) is 10.6 Å². The van der Waals surface area contributed by atoms with Crippen LogP contribution in [0.15, 0.2) is 4.34 Å². The predicted octanol–water partition coefficient (Wildman–Crippen LogP) is 1.10. The molecule has 0 aliphatic heterocycles. The Balaban J connectivity index is 2.95. The van der Waals surface area contributed by atoms with E-state index in [9.17, 15) is 16.8 Å². The Morgan fingerprint density at radius 2 is 1.75 bits per heavy atom. The fourth-order valence-corrected chi connectivity index (χ4v) is 5.34. The van der Waals surface area contributed by atoms with Gasteiger partial charge in [0.1, 0.15) is 0 Å². The van der Waals surface area contributed by atoms with Crippen LogP contribution in [0.2, 0.25) is 0 Å². The van der Waals surface area contributed by atoms with Gasteiger partial charge < -0.3 is 0 Å². The zero-order valence-electron chi connectivity index (χ0n) is 8.60. The maximum Gasteiger partial charge on any atom is 0.233 e. The van der Waals surface area contributed by atoms with Crippen molar-refractivity contribution >= 4 is 40.9 Å². The van der Waals surface area contributed by atoms with Gasteiger partial charge in [0.15, 0.2) is 0 Å². The topological polar surface area (TPSA) is 81.2 Å². The lowest BCUT2D eigenvalue weighted by Crippen LogP contribution is -2.14. The highest BCUT2D eigenvalue weighted by molar-refractivity contribution is 8.14. The van der Waals surface area contributed by atoms with Crippen molar-refractivity contribution in [2.75, 3.05) is 11.5 Å². The van der Waals surface area contributed by atoms with Crippen LogP contribution in [0.3, 0.4) is 0 Å². The van der Waals surface area contributed by atoms with Crippen LogP contribution in [0.4, 0.5) is 0 Å². The summed E-state index contributed by atoms with van der Waals surface area (Å²) in [6.07, 6.45) is 0. The second-order valence-corrected chi connectivity index (χ2v) is 9.57. The number of thiazole rings is 1. The van der Waals surface area contributed by atoms with E-state index in [1.165, 1.54) is 0 Å². The summed E-state index contributed by atoms with van der Waals surface area (Å²) in [5, 5.41) is 0. The zero-order chi connectivity index (χ0) is 12.6. The molecule has 1 aromatic heterocycles. The summed E-state index contributed by atoms with van der Waals surface area (Å²) in [7, 11) is -2.50. The molecule has 0 aliphatic rings. The number of aromatic nitrogens is 1. The molecule has 0 unspecified atom stereocenters. The quantitative estimate of drug-likeness (QED) is 0.778. The Morgan fingerprint density at radius 3 is 2.12 bits per heavy atom. The highest BCUT2D eigenvalue weighted by Gasteiger charge is 2.22. The molecule has 0 N–H and O–H groups in total. The van der Waals surface area contributed by atoms with Gasteiger partial charge in [0, 0.05) is 15.6 Å². The van der Waals surface area contributed by atoms with Gasteiger partial charge in [-0.2, -0.15) is 0 Å². The SMILES string of the molecule is Cc1nc(S(=O)(=O)CCS(=O)(=O)Cl)sc1C. The molecule has 0 aliphatic carbocycles. The molecule has 0 fully saturated rings. The number of halogens is 1. The molecule has 0 bridgehead atoms. The van der Waals surface area contributed by atoms with Gasteiger partial charge in [0.25, 0.3) is 0 Å². The van der Waals surface area contributed by atoms with E-state index >= 15 is 0 Å². The van der Waals surface area contributed by atoms with Crippen molar-refractivity contribution in [2.45, 2.75) is 18.2 Å². The molecule has 0 amide bonds. The molecule has 1 aromatic rings. The lowest BCUT2D eigenvalue weighted by Gasteiger charge is -1.97. The molecule has 0 saturated heterocycles. The van der Waals surface area contributed by atoms with Gasteiger partial charge in [-0.25, -0.2) is 21.8 Å². The summed E-state index contributed by atoms with van der Waals surface area (Å²) >= 11 is 1.03. The standard InChI is InChI=1S/C7H10ClNO4S3/c1-5-6(2)14-7(9-5)15(10,11)3-4-16(8,12)13/h3-4H2,1-2H3. The van der Waals surface area contributed by atoms with E-state index in [4.69, 9.17) is 10.7 Å². The van der Waals surface area contributed by atoms with Crippen LogP contribution in [0.5, 0.6) is 0 Å². The Morgan fingerprint density at radius 1 is 1.19 bits per heavy atom. The highest BCUT2D eigenvalue weighted by atomic mass is 35.7. The monoisotopic (exact) mass is 303 g/mol. The van der Waals surface area contributed by atoms with Crippen molar-refractivity contribution < 1.29 is 16.8 Å². The minimum absolute atomic E-state index is 0.0529. The third-order valence-corrected chi connectivity index (χ3v) is 6.53. The maximum absolute atomic E-state index is 11.7. The number of hydrogen-bond acceptors (Lipinski definition) is 6. The van der Waals surface area contributed by atoms with Crippen LogP contribution in [-0.2, 0) is 18.9 Å². The van der Waals surface area contributed by atoms with Gasteiger partial charge in [0.2, 0.25) is 23.2 Å². The molecule has 0 aromatic carbocycles. The molecule has 5 nitrogen and oxygen atoms in total. The van der Waals surface area contributed by atoms with E-state index in [0.717, 1.165) is 16.2 Å². The molecule has 92 valence electrons. The largest absolute Gasteiger partial charge is 0.233 e. The van der Waals surface area contributed by atoms with Gasteiger partial charge >= 0.3 is 0 Å². The van der Waals surface area contributed by atoms with Crippen molar-refractivity contribution in [1.29, 1.82) is 0 Å². The van der Waals surface area contributed by atoms with Crippen LogP contribution in [0, 0.1) is 13.8 Å². The predicted molar refractivity (Wildman–Crippen MR) is 63.3 cm³/mol. The minimum atomic E-state index is -3.80. The number of rotatable bonds is 4. The summed E-state index contributed by atoms with van der Waals surface area (Å²) in [5.74, 6) is -1.14. The molecule has 0 spiro atoms. The summed E-state index contributed by atoms with van der Waals surface area (Å²) in [4.78, 5) is 4.67. The van der Waals surface area contributed by atoms with E-state index in [1.54, 1.807) is 13.8 Å². The molecule has 16 heavy (non-hydrogen) atoms. The number of hydrogen-bond donors (Lipinski definition) is 0. The lowest BCUT2D eigenvalue weighted by molar-refractivity contribution is 0.592. The van der Waals surface area contributed by atoms with E-state index in [2.05, 4.69) is 4.98 Å². The van der Waals surface area contributed by atoms with Crippen molar-refractivity contribution in [2.24, 2.45) is 0 Å². The second kappa shape index (κ2) is 4.59. The Labute approximate surface area is 103 Å². The summed E-state index contributed by atoms with van der Waals surface area (Å²) in [6, 6.07) is 0. The van der Waals surface area contributed by atoms with Crippen molar-refractivity contribution in [3.8, 4) is 0 Å². The molecule has 0 saturated carbocycles. The first-order valence-corrected chi connectivity index (χ1v) is 9.16. The normalized spacial score (nSPS) is 12.9. The summed E-state index contributed by atoms with van der Waals surface area (Å²) < 4.78 is 44.6. The van der Waals surface area contributed by atoms with Crippen molar-refractivity contribution in [1.82, 2.24) is 4.98 Å². The van der Waals surface area contributed by atoms with Gasteiger partial charge in [-0.1, -0.05) is 0 Å². The van der Waals surface area contributed by atoms with Crippen molar-refractivity contribution in [3.05, 3.63) is 10.6 Å². The Hall–Kier alpha value is -0.180. The second-order valence-electron chi connectivity index (χ2n) is 3.18. The molecular formula is C7H10ClNO4S3. The van der Waals surface area contributed by atoms with Gasteiger partial charge in [-0.15, -0.1) is 11.3 Å². The van der Waals surface area contributed by atoms with Crippen LogP contribution >= 0.6 is 22.0 Å². The minimum Gasteiger partial charge on any atom is -0.230 e. The number of nitrogens with zero attached hydrogens (tertiary/aromatic N) is 1. The number of aryl methyl sites for hydroxylation is 2. The van der Waals surface area contributed by atoms with E-state index in [1.807, 2.05) is 0 Å². The molecule has 9 heteroatoms. The summed E-state index contributed by atoms with van der Waals surface area (Å²) in [5.41, 5.74) is 0.636. The first-order chi connectivity index (χ1) is 7.12. The lowest BCUT2D eigenvalue weighted by atomic mass is 10.4. The van der Waals surface area contributed by atoms with E-state index in [-0.39, 0.29) is 4.34 Å². The van der Waals surface area contributed by atoms with Gasteiger partial charge in [0.05, 0.1) is 17.2 Å². The van der Waals surface area contributed by atoms with E-state index < -0.39 is 30.4 Å². The number of sulfone groups is 1. The van der Waals surface area contributed by atoms with Gasteiger partial charge in [-0.05, 0) is 13.8 Å². The first-order valence-electron chi connectivity index (χ1n) is 4.21. The van der Waals surface area contributed by atoms with Crippen LogP contribution in [-0.4, -0.2) is 33.3 Å². The maximum atomic E-state index is 11.7. The molecule has 0 radical (unpaired) electrons. The molecule has 1 rings (SSSR count). The summed E-state index contributed by atoms with van der Waals surface area (Å²) in [6.45, 7) is 3.45. The Bertz CT molecular complexity index is 568. The van der Waals surface area contributed by atoms with Gasteiger partial charge in [-0.3, -0.25) is 0 Å². The third kappa shape index (κ3) is 3.69. The van der Waals surface area contributed by atoms with Crippen LogP contribution < -0.4 is 0 Å². The zero-order valence-corrected chi connectivity index (χ0v) is 11.8. The fraction of sp³-hybridized carbons (Fsp3) is 0.571. The van der Waals surface area contributed by atoms with Crippen molar-refractivity contribution in [3.63, 3.8) is 0 Å². The third-order valence-electron chi connectivity index (χ3n) is 1.87. The average Bonchev–Trinajstić information content (AvgIpc) is 2.44. The smallest absolute Gasteiger partial charge is 0.230 e. The molecule has 1 heterocycles. The fourth-order valence-electron chi connectivity index (χ4n) is 0.873.